The number of phenols is 2. The second-order valence-electron chi connectivity index (χ2n) is 16.0. The van der Waals surface area contributed by atoms with Gasteiger partial charge >= 0.3 is 5.69 Å². The molecule has 21 heteroatoms. The number of anilines is 1. The van der Waals surface area contributed by atoms with Gasteiger partial charge in [0, 0.05) is 60.3 Å². The van der Waals surface area contributed by atoms with E-state index in [-0.39, 0.29) is 65.1 Å². The summed E-state index contributed by atoms with van der Waals surface area (Å²) in [7, 11) is 1.34. The largest absolute Gasteiger partial charge is 0.507 e. The number of nitrogens with two attached hydrogens (primary N) is 2. The topological polar surface area (TPSA) is 324 Å². The summed E-state index contributed by atoms with van der Waals surface area (Å²) in [6.45, 7) is 4.75. The number of aromatic hydroxyl groups is 2. The Bertz CT molecular complexity index is 2640. The number of ether oxygens (including phenoxy) is 3. The quantitative estimate of drug-likeness (QED) is 0.0668. The van der Waals surface area contributed by atoms with Crippen LogP contribution in [0.3, 0.4) is 0 Å². The molecule has 1 unspecified atom stereocenters. The minimum absolute atomic E-state index is 0. The normalized spacial score (nSPS) is 25.4. The number of piperidine rings is 1. The second-order valence-corrected chi connectivity index (χ2v) is 16.0. The summed E-state index contributed by atoms with van der Waals surface area (Å²) in [5.74, 6) is -4.55. The average Bonchev–Trinajstić information content (AvgIpc) is 3.25. The molecular formula is C44H49ClFN5O14. The van der Waals surface area contributed by atoms with E-state index in [1.807, 2.05) is 24.0 Å². The molecule has 348 valence electrons. The molecule has 4 aliphatic rings. The maximum absolute atomic E-state index is 13.6. The molecule has 3 heterocycles. The lowest BCUT2D eigenvalue weighted by Gasteiger charge is -2.42. The molecule has 8 rings (SSSR count). The first-order valence-corrected chi connectivity index (χ1v) is 20.2. The number of nitrogens with one attached hydrogen (secondary N) is 3. The van der Waals surface area contributed by atoms with Gasteiger partial charge in [0.05, 0.1) is 47.5 Å². The van der Waals surface area contributed by atoms with Gasteiger partial charge in [0.1, 0.15) is 22.8 Å². The van der Waals surface area contributed by atoms with E-state index >= 15 is 0 Å². The number of benzene rings is 3. The van der Waals surface area contributed by atoms with Gasteiger partial charge in [-0.25, -0.2) is 4.79 Å². The van der Waals surface area contributed by atoms with E-state index < -0.39 is 105 Å². The Labute approximate surface area is 375 Å². The Kier molecular flexibility index (Phi) is 14.9. The number of aliphatic hydroxyl groups excluding tert-OH is 1. The van der Waals surface area contributed by atoms with Gasteiger partial charge < -0.3 is 51.1 Å². The van der Waals surface area contributed by atoms with Crippen molar-refractivity contribution in [1.82, 2.24) is 15.3 Å². The van der Waals surface area contributed by atoms with E-state index in [0.717, 1.165) is 5.56 Å². The lowest BCUT2D eigenvalue weighted by molar-refractivity contribution is -0.247. The number of rotatable bonds is 6. The van der Waals surface area contributed by atoms with E-state index in [2.05, 4.69) is 5.32 Å². The summed E-state index contributed by atoms with van der Waals surface area (Å²) >= 11 is 0. The predicted molar refractivity (Wildman–Crippen MR) is 230 cm³/mol. The number of amides is 2. The summed E-state index contributed by atoms with van der Waals surface area (Å²) in [4.78, 5) is 86.9. The van der Waals surface area contributed by atoms with Crippen LogP contribution in [0.2, 0.25) is 0 Å². The van der Waals surface area contributed by atoms with Gasteiger partial charge in [-0.1, -0.05) is 31.2 Å². The molecule has 2 aliphatic heterocycles. The minimum atomic E-state index is -2.00. The number of imide groups is 1. The molecule has 2 aliphatic carbocycles. The third-order valence-corrected chi connectivity index (χ3v) is 12.1. The van der Waals surface area contributed by atoms with E-state index in [0.29, 0.717) is 31.1 Å². The molecule has 65 heavy (non-hydrogen) atoms. The first kappa shape index (κ1) is 49.7. The van der Waals surface area contributed by atoms with Crippen LogP contribution in [0.1, 0.15) is 108 Å². The molecule has 2 amide bonds. The highest BCUT2D eigenvalue weighted by molar-refractivity contribution is 6.31. The highest BCUT2D eigenvalue weighted by atomic mass is 35.5. The molecule has 1 aromatic heterocycles. The van der Waals surface area contributed by atoms with Crippen molar-refractivity contribution in [1.29, 1.82) is 0 Å². The van der Waals surface area contributed by atoms with Gasteiger partial charge in [0.15, 0.2) is 17.9 Å². The van der Waals surface area contributed by atoms with Crippen molar-refractivity contribution < 1.29 is 63.0 Å². The number of aromatic amines is 2. The van der Waals surface area contributed by atoms with Crippen molar-refractivity contribution >= 4 is 47.3 Å². The lowest BCUT2D eigenvalue weighted by atomic mass is 9.72. The summed E-state index contributed by atoms with van der Waals surface area (Å²) in [5, 5.41) is 46.5. The van der Waals surface area contributed by atoms with Crippen LogP contribution in [0.5, 0.6) is 17.2 Å². The van der Waals surface area contributed by atoms with Gasteiger partial charge in [0.25, 0.3) is 5.56 Å². The molecule has 7 atom stereocenters. The van der Waals surface area contributed by atoms with Crippen molar-refractivity contribution in [3.63, 3.8) is 0 Å². The SMILES string of the molecule is CCC1(c2ccc(N)cc2)CCC(=O)NC1=O.COc1cccc2c1C(=O)c1c(O)c3c(c(O)c1C2=O)C[C@@](O)(C(C)=O)C[C@@H]3O[C@H]1C[C@H](N)[C@H](O)[C@H](C)O1.Cl.O=c1[nH]cc(F)c(=O)[nH]1. The van der Waals surface area contributed by atoms with Crippen LogP contribution < -0.4 is 32.8 Å². The Morgan fingerprint density at radius 2 is 1.66 bits per heavy atom. The molecular weight excluding hydrogens is 877 g/mol. The number of fused-ring (bicyclic) bond motifs is 3. The first-order chi connectivity index (χ1) is 30.2. The number of methoxy groups -OCH3 is 1. The number of ketones is 3. The van der Waals surface area contributed by atoms with E-state index in [1.165, 1.54) is 32.2 Å². The van der Waals surface area contributed by atoms with Gasteiger partial charge in [-0.3, -0.25) is 39.1 Å². The fraction of sp³-hybridized carbons (Fsp3) is 0.386. The van der Waals surface area contributed by atoms with Crippen LogP contribution in [0.4, 0.5) is 10.1 Å². The number of aliphatic hydroxyl groups is 2. The third-order valence-electron chi connectivity index (χ3n) is 12.1. The number of Topliss-reactive ketones (excluding diaryl/α,β-unsaturated/α-hetero) is 1. The number of carbonyl (C=O) groups excluding carboxylic acids is 5. The zero-order valence-electron chi connectivity index (χ0n) is 35.6. The first-order valence-electron chi connectivity index (χ1n) is 20.2. The number of aromatic nitrogens is 2. The number of halogens is 2. The van der Waals surface area contributed by atoms with Crippen molar-refractivity contribution in [2.75, 3.05) is 12.8 Å². The van der Waals surface area contributed by atoms with Crippen LogP contribution in [-0.4, -0.2) is 96.8 Å². The highest BCUT2D eigenvalue weighted by Gasteiger charge is 2.49. The summed E-state index contributed by atoms with van der Waals surface area (Å²) < 4.78 is 29.0. The number of phenolic OH excluding ortho intramolecular Hbond substituents is 2. The Morgan fingerprint density at radius 1 is 1.00 bits per heavy atom. The van der Waals surface area contributed by atoms with E-state index in [9.17, 15) is 58.4 Å². The van der Waals surface area contributed by atoms with Gasteiger partial charge in [-0.2, -0.15) is 4.39 Å². The molecule has 0 spiro atoms. The van der Waals surface area contributed by atoms with Gasteiger partial charge in [-0.05, 0) is 50.5 Å². The van der Waals surface area contributed by atoms with E-state index in [4.69, 9.17) is 25.7 Å². The minimum Gasteiger partial charge on any atom is -0.507 e. The second kappa shape index (κ2) is 19.4. The molecule has 0 radical (unpaired) electrons. The standard InChI is InChI=1S/C27H29NO10.C13H16N2O2.C4H3FN2O2.ClH/c1-10-22(30)14(28)7-17(37-10)38-16-9-27(35,11(2)29)8-13-19(16)26(34)21-20(24(13)32)23(31)12-5-4-6-15(36-3)18(12)25(21)33;1-2-13(8-7-11(16)15-12(13)17)9-3-5-10(14)6-4-9;5-2-1-6-4(9)7-3(2)8;/h4-6,10,14,16-17,22,30,32,34-35H,7-9,28H2,1-3H3;3-6H,2,7-8,14H2,1H3,(H,15,16,17);1H,(H2,6,7,8,9);1H/t10-,14-,16-,17-,22+,27-;;;/m0.../s1. The van der Waals surface area contributed by atoms with Crippen LogP contribution >= 0.6 is 12.4 Å². The Balaban J connectivity index is 0.000000240. The Hall–Kier alpha value is -6.29. The fourth-order valence-corrected chi connectivity index (χ4v) is 8.42. The molecule has 4 aromatic rings. The monoisotopic (exact) mass is 925 g/mol. The van der Waals surface area contributed by atoms with E-state index in [1.54, 1.807) is 24.0 Å². The molecule has 0 saturated carbocycles. The van der Waals surface area contributed by atoms with Crippen LogP contribution in [0.15, 0.2) is 58.3 Å². The third kappa shape index (κ3) is 9.44. The fourth-order valence-electron chi connectivity index (χ4n) is 8.42. The van der Waals surface area contributed by atoms with Crippen molar-refractivity contribution in [3.8, 4) is 17.2 Å². The molecule has 19 nitrogen and oxygen atoms in total. The average molecular weight is 926 g/mol. The number of hydrogen-bond donors (Lipinski definition) is 9. The van der Waals surface area contributed by atoms with Crippen LogP contribution in [0.25, 0.3) is 0 Å². The molecule has 3 aromatic carbocycles. The van der Waals surface area contributed by atoms with Crippen molar-refractivity contribution in [2.24, 2.45) is 5.73 Å². The molecule has 11 N–H and O–H groups in total. The summed E-state index contributed by atoms with van der Waals surface area (Å²) in [6.07, 6.45) is -2.18. The summed E-state index contributed by atoms with van der Waals surface area (Å²) in [6, 6.07) is 11.1. The number of carbonyl (C=O) groups is 5. The van der Waals surface area contributed by atoms with Crippen molar-refractivity contribution in [2.45, 2.75) is 101 Å². The van der Waals surface area contributed by atoms with Crippen molar-refractivity contribution in [3.05, 3.63) is 114 Å². The number of hydrogen-bond acceptors (Lipinski definition) is 16. The maximum atomic E-state index is 13.6. The smallest absolute Gasteiger partial charge is 0.325 e. The molecule has 0 bridgehead atoms. The van der Waals surface area contributed by atoms with Crippen LogP contribution in [-0.2, 0) is 35.7 Å². The van der Waals surface area contributed by atoms with Gasteiger partial charge in [0.2, 0.25) is 23.4 Å². The predicted octanol–water partition coefficient (Wildman–Crippen LogP) is 2.01. The lowest BCUT2D eigenvalue weighted by Crippen LogP contribution is -2.52. The molecule has 2 saturated heterocycles. The Morgan fingerprint density at radius 3 is 2.23 bits per heavy atom. The summed E-state index contributed by atoms with van der Waals surface area (Å²) in [5.41, 5.74) is 7.93. The zero-order valence-corrected chi connectivity index (χ0v) is 36.4. The maximum Gasteiger partial charge on any atom is 0.325 e. The number of nitrogen functional groups attached to an aromatic ring is 1. The van der Waals surface area contributed by atoms with Gasteiger partial charge in [-0.15, -0.1) is 12.4 Å². The number of H-pyrrole nitrogens is 2. The van der Waals surface area contributed by atoms with Crippen LogP contribution in [0, 0.1) is 5.82 Å². The highest BCUT2D eigenvalue weighted by Crippen LogP contribution is 2.52. The zero-order chi connectivity index (χ0) is 47.0. The molecule has 2 fully saturated rings.